The number of imidazole rings is 1. The molecule has 0 aliphatic carbocycles. The fourth-order valence-corrected chi connectivity index (χ4v) is 4.57. The summed E-state index contributed by atoms with van der Waals surface area (Å²) in [5.74, 6) is 0.133. The normalized spacial score (nSPS) is 16.0. The summed E-state index contributed by atoms with van der Waals surface area (Å²) in [5.41, 5.74) is 4.93. The number of nitrogens with one attached hydrogen (secondary N) is 1. The van der Waals surface area contributed by atoms with Crippen molar-refractivity contribution in [2.75, 3.05) is 6.54 Å². The lowest BCUT2D eigenvalue weighted by molar-refractivity contribution is -0.132. The fraction of sp³-hybridized carbons (Fsp3) is 0.269. The summed E-state index contributed by atoms with van der Waals surface area (Å²) < 4.78 is 26.8. The lowest BCUT2D eigenvalue weighted by Crippen LogP contribution is -2.31. The van der Waals surface area contributed by atoms with Crippen molar-refractivity contribution < 1.29 is 13.6 Å². The smallest absolute Gasteiger partial charge is 0.223 e. The molecule has 168 valence electrons. The van der Waals surface area contributed by atoms with Gasteiger partial charge in [-0.15, -0.1) is 0 Å². The number of fused-ring (bicyclic) bond motifs is 1. The Bertz CT molecular complexity index is 1320. The quantitative estimate of drug-likeness (QED) is 0.440. The van der Waals surface area contributed by atoms with E-state index in [0.717, 1.165) is 35.4 Å². The van der Waals surface area contributed by atoms with Gasteiger partial charge >= 0.3 is 0 Å². The molecule has 0 unspecified atom stereocenters. The number of aryl methyl sites for hydroxylation is 2. The first kappa shape index (κ1) is 21.2. The number of benzene rings is 2. The number of nitrogens with zero attached hydrogens (tertiary/aromatic N) is 3. The number of pyridine rings is 1. The molecule has 1 fully saturated rings. The highest BCUT2D eigenvalue weighted by molar-refractivity contribution is 5.78. The molecular weight excluding hydrogens is 422 g/mol. The monoisotopic (exact) mass is 446 g/mol. The van der Waals surface area contributed by atoms with Crippen molar-refractivity contribution in [3.05, 3.63) is 83.4 Å². The maximum atomic E-state index is 13.4. The summed E-state index contributed by atoms with van der Waals surface area (Å²) in [5, 5.41) is 0. The fourth-order valence-electron chi connectivity index (χ4n) is 4.57. The molecule has 2 aromatic carbocycles. The molecule has 0 saturated carbocycles. The van der Waals surface area contributed by atoms with E-state index in [1.54, 1.807) is 18.2 Å². The zero-order valence-corrected chi connectivity index (χ0v) is 18.3. The van der Waals surface area contributed by atoms with E-state index in [4.69, 9.17) is 4.98 Å². The second kappa shape index (κ2) is 8.73. The van der Waals surface area contributed by atoms with Gasteiger partial charge in [0.25, 0.3) is 0 Å². The van der Waals surface area contributed by atoms with Crippen LogP contribution in [-0.4, -0.2) is 32.3 Å². The lowest BCUT2D eigenvalue weighted by atomic mass is 10.0. The number of carbonyl (C=O) groups is 1. The third-order valence-electron chi connectivity index (χ3n) is 6.13. The minimum Gasteiger partial charge on any atom is -0.342 e. The van der Waals surface area contributed by atoms with Crippen LogP contribution in [0.3, 0.4) is 0 Å². The molecule has 0 spiro atoms. The molecule has 3 heterocycles. The minimum absolute atomic E-state index is 0.0516. The van der Waals surface area contributed by atoms with Crippen molar-refractivity contribution in [1.82, 2.24) is 19.9 Å². The number of hydrogen-bond acceptors (Lipinski definition) is 3. The molecule has 1 amide bonds. The molecule has 1 atom stereocenters. The van der Waals surface area contributed by atoms with Crippen molar-refractivity contribution in [1.29, 1.82) is 0 Å². The van der Waals surface area contributed by atoms with Crippen LogP contribution in [0.4, 0.5) is 8.78 Å². The second-order valence-electron chi connectivity index (χ2n) is 8.52. The topological polar surface area (TPSA) is 61.9 Å². The Balaban J connectivity index is 1.33. The molecule has 0 bridgehead atoms. The maximum absolute atomic E-state index is 13.4. The molecular formula is C26H24F2N4O. The van der Waals surface area contributed by atoms with Gasteiger partial charge in [-0.1, -0.05) is 12.1 Å². The molecule has 0 radical (unpaired) electrons. The Morgan fingerprint density at radius 1 is 1.03 bits per heavy atom. The molecule has 33 heavy (non-hydrogen) atoms. The number of rotatable bonds is 5. The Morgan fingerprint density at radius 2 is 1.82 bits per heavy atom. The Morgan fingerprint density at radius 3 is 2.64 bits per heavy atom. The van der Waals surface area contributed by atoms with E-state index in [9.17, 15) is 13.6 Å². The van der Waals surface area contributed by atoms with Gasteiger partial charge in [0.1, 0.15) is 17.5 Å². The molecule has 1 saturated heterocycles. The average molecular weight is 447 g/mol. The van der Waals surface area contributed by atoms with Crippen LogP contribution in [-0.2, 0) is 11.2 Å². The molecule has 1 aliphatic heterocycles. The highest BCUT2D eigenvalue weighted by Gasteiger charge is 2.31. The van der Waals surface area contributed by atoms with Crippen LogP contribution in [0.1, 0.15) is 42.5 Å². The Labute approximate surface area is 190 Å². The van der Waals surface area contributed by atoms with Crippen LogP contribution in [0.25, 0.3) is 22.2 Å². The number of likely N-dealkylation sites (tertiary alicyclic amines) is 1. The standard InChI is InChI=1S/C26H24F2N4O/c1-16-13-18(17-4-6-19(27)7-5-17)14-23(29-16)24-3-2-12-32(24)26(33)11-10-25-30-21-9-8-20(28)15-22(21)31-25/h4-9,13-15,24H,2-3,10-12H2,1H3,(H,30,31)/t24-/m1/s1. The first-order valence-corrected chi connectivity index (χ1v) is 11.1. The van der Waals surface area contributed by atoms with Crippen molar-refractivity contribution in [3.8, 4) is 11.1 Å². The number of amides is 1. The molecule has 7 heteroatoms. The van der Waals surface area contributed by atoms with Gasteiger partial charge in [-0.05, 0) is 73.4 Å². The van der Waals surface area contributed by atoms with Gasteiger partial charge < -0.3 is 9.88 Å². The number of aromatic amines is 1. The summed E-state index contributed by atoms with van der Waals surface area (Å²) in [6.07, 6.45) is 2.55. The van der Waals surface area contributed by atoms with Crippen LogP contribution < -0.4 is 0 Å². The first-order valence-electron chi connectivity index (χ1n) is 11.1. The van der Waals surface area contributed by atoms with E-state index in [-0.39, 0.29) is 23.6 Å². The predicted molar refractivity (Wildman–Crippen MR) is 122 cm³/mol. The third-order valence-corrected chi connectivity index (χ3v) is 6.13. The average Bonchev–Trinajstić information content (AvgIpc) is 3.44. The Kier molecular flexibility index (Phi) is 5.62. The largest absolute Gasteiger partial charge is 0.342 e. The molecule has 1 N–H and O–H groups in total. The van der Waals surface area contributed by atoms with Crippen LogP contribution in [0.2, 0.25) is 0 Å². The zero-order valence-electron chi connectivity index (χ0n) is 18.3. The van der Waals surface area contributed by atoms with E-state index in [1.807, 2.05) is 24.0 Å². The van der Waals surface area contributed by atoms with E-state index in [0.29, 0.717) is 36.2 Å². The number of halogens is 2. The summed E-state index contributed by atoms with van der Waals surface area (Å²) >= 11 is 0. The number of aromatic nitrogens is 3. The molecule has 5 nitrogen and oxygen atoms in total. The number of hydrogen-bond donors (Lipinski definition) is 1. The molecule has 5 rings (SSSR count). The van der Waals surface area contributed by atoms with Gasteiger partial charge in [0.15, 0.2) is 0 Å². The van der Waals surface area contributed by atoms with Crippen LogP contribution >= 0.6 is 0 Å². The van der Waals surface area contributed by atoms with Crippen molar-refractivity contribution in [2.45, 2.75) is 38.6 Å². The predicted octanol–water partition coefficient (Wildman–Crippen LogP) is 5.51. The van der Waals surface area contributed by atoms with Crippen LogP contribution in [0.5, 0.6) is 0 Å². The summed E-state index contributed by atoms with van der Waals surface area (Å²) in [6, 6.07) is 14.7. The lowest BCUT2D eigenvalue weighted by Gasteiger charge is -2.25. The molecule has 2 aromatic heterocycles. The maximum Gasteiger partial charge on any atom is 0.223 e. The SMILES string of the molecule is Cc1cc(-c2ccc(F)cc2)cc([C@H]2CCCN2C(=O)CCc2nc3ccc(F)cc3[nH]2)n1. The van der Waals surface area contributed by atoms with E-state index in [1.165, 1.54) is 24.3 Å². The van der Waals surface area contributed by atoms with Gasteiger partial charge in [0.2, 0.25) is 5.91 Å². The number of H-pyrrole nitrogens is 1. The van der Waals surface area contributed by atoms with E-state index < -0.39 is 0 Å². The van der Waals surface area contributed by atoms with E-state index >= 15 is 0 Å². The highest BCUT2D eigenvalue weighted by Crippen LogP contribution is 2.34. The van der Waals surface area contributed by atoms with Crippen LogP contribution in [0.15, 0.2) is 54.6 Å². The van der Waals surface area contributed by atoms with Gasteiger partial charge in [0.05, 0.1) is 22.8 Å². The third kappa shape index (κ3) is 4.49. The van der Waals surface area contributed by atoms with Gasteiger partial charge in [-0.3, -0.25) is 9.78 Å². The van der Waals surface area contributed by atoms with Crippen molar-refractivity contribution >= 4 is 16.9 Å². The highest BCUT2D eigenvalue weighted by atomic mass is 19.1. The van der Waals surface area contributed by atoms with Crippen molar-refractivity contribution in [3.63, 3.8) is 0 Å². The van der Waals surface area contributed by atoms with Gasteiger partial charge in [-0.2, -0.15) is 0 Å². The number of carbonyl (C=O) groups excluding carboxylic acids is 1. The van der Waals surface area contributed by atoms with Crippen molar-refractivity contribution in [2.24, 2.45) is 0 Å². The van der Waals surface area contributed by atoms with E-state index in [2.05, 4.69) is 9.97 Å². The zero-order chi connectivity index (χ0) is 22.9. The minimum atomic E-state index is -0.320. The first-order chi connectivity index (χ1) is 16.0. The Hall–Kier alpha value is -3.61. The second-order valence-corrected chi connectivity index (χ2v) is 8.52. The van der Waals surface area contributed by atoms with Gasteiger partial charge in [-0.25, -0.2) is 13.8 Å². The molecule has 1 aliphatic rings. The van der Waals surface area contributed by atoms with Gasteiger partial charge in [0, 0.05) is 25.1 Å². The summed E-state index contributed by atoms with van der Waals surface area (Å²) in [7, 11) is 0. The summed E-state index contributed by atoms with van der Waals surface area (Å²) in [4.78, 5) is 27.3. The molecule has 4 aromatic rings. The van der Waals surface area contributed by atoms with Crippen LogP contribution in [0, 0.1) is 18.6 Å². The summed E-state index contributed by atoms with van der Waals surface area (Å²) in [6.45, 7) is 2.62.